The smallest absolute Gasteiger partial charge is 0.239 e. The lowest BCUT2D eigenvalue weighted by Crippen LogP contribution is -2.38. The largest absolute Gasteiger partial charge is 0.354 e. The standard InChI is InChI=1S/C16H25N3O2S/c1-11-6-15(22-12(11)2)10-19-5-4-14(9-19)7-18-16(21)8-17-13(3)20/h6,14H,4-5,7-10H2,1-3H3,(H,17,20)(H,18,21)/t14-/m1/s1. The molecule has 22 heavy (non-hydrogen) atoms. The van der Waals surface area contributed by atoms with E-state index in [4.69, 9.17) is 0 Å². The average Bonchev–Trinajstić information content (AvgIpc) is 3.02. The molecule has 1 fully saturated rings. The highest BCUT2D eigenvalue weighted by molar-refractivity contribution is 7.12. The normalized spacial score (nSPS) is 18.4. The van der Waals surface area contributed by atoms with Crippen molar-refractivity contribution >= 4 is 23.2 Å². The van der Waals surface area contributed by atoms with Gasteiger partial charge in [-0.15, -0.1) is 11.3 Å². The average molecular weight is 323 g/mol. The van der Waals surface area contributed by atoms with Gasteiger partial charge in [0.05, 0.1) is 6.54 Å². The number of likely N-dealkylation sites (tertiary alicyclic amines) is 1. The van der Waals surface area contributed by atoms with Crippen molar-refractivity contribution in [2.45, 2.75) is 33.7 Å². The zero-order valence-electron chi connectivity index (χ0n) is 13.6. The number of thiophene rings is 1. The molecule has 2 rings (SSSR count). The first kappa shape index (κ1) is 17.0. The minimum atomic E-state index is -0.177. The van der Waals surface area contributed by atoms with Crippen molar-refractivity contribution in [3.8, 4) is 0 Å². The lowest BCUT2D eigenvalue weighted by atomic mass is 10.1. The molecule has 1 aliphatic rings. The fraction of sp³-hybridized carbons (Fsp3) is 0.625. The maximum Gasteiger partial charge on any atom is 0.239 e. The summed E-state index contributed by atoms with van der Waals surface area (Å²) in [4.78, 5) is 27.6. The number of hydrogen-bond donors (Lipinski definition) is 2. The van der Waals surface area contributed by atoms with Gasteiger partial charge >= 0.3 is 0 Å². The van der Waals surface area contributed by atoms with E-state index in [0.29, 0.717) is 12.5 Å². The fourth-order valence-electron chi connectivity index (χ4n) is 2.70. The first-order chi connectivity index (χ1) is 10.4. The van der Waals surface area contributed by atoms with E-state index in [9.17, 15) is 9.59 Å². The van der Waals surface area contributed by atoms with Crippen LogP contribution in [0.15, 0.2) is 6.07 Å². The van der Waals surface area contributed by atoms with Crippen LogP contribution in [-0.2, 0) is 16.1 Å². The summed E-state index contributed by atoms with van der Waals surface area (Å²) >= 11 is 1.88. The molecule has 0 bridgehead atoms. The van der Waals surface area contributed by atoms with Gasteiger partial charge in [0.25, 0.3) is 0 Å². The van der Waals surface area contributed by atoms with Crippen LogP contribution in [0.5, 0.6) is 0 Å². The topological polar surface area (TPSA) is 61.4 Å². The molecule has 1 saturated heterocycles. The Balaban J connectivity index is 1.69. The van der Waals surface area contributed by atoms with E-state index >= 15 is 0 Å². The van der Waals surface area contributed by atoms with Gasteiger partial charge in [0.1, 0.15) is 0 Å². The molecule has 1 aromatic heterocycles. The molecule has 2 N–H and O–H groups in total. The number of nitrogens with one attached hydrogen (secondary N) is 2. The second-order valence-electron chi connectivity index (χ2n) is 6.06. The van der Waals surface area contributed by atoms with Gasteiger partial charge in [-0.1, -0.05) is 0 Å². The summed E-state index contributed by atoms with van der Waals surface area (Å²) in [5.74, 6) is 0.213. The van der Waals surface area contributed by atoms with Crippen molar-refractivity contribution < 1.29 is 9.59 Å². The summed E-state index contributed by atoms with van der Waals surface area (Å²) in [6.07, 6.45) is 1.11. The number of rotatable bonds is 6. The Morgan fingerprint density at radius 3 is 2.77 bits per heavy atom. The van der Waals surface area contributed by atoms with Crippen LogP contribution < -0.4 is 10.6 Å². The van der Waals surface area contributed by atoms with Gasteiger partial charge in [-0.3, -0.25) is 14.5 Å². The van der Waals surface area contributed by atoms with Gasteiger partial charge in [0.2, 0.25) is 11.8 Å². The quantitative estimate of drug-likeness (QED) is 0.833. The first-order valence-corrected chi connectivity index (χ1v) is 8.55. The fourth-order valence-corrected chi connectivity index (χ4v) is 3.79. The highest BCUT2D eigenvalue weighted by atomic mass is 32.1. The number of nitrogens with zero attached hydrogens (tertiary/aromatic N) is 1. The second-order valence-corrected chi connectivity index (χ2v) is 7.40. The van der Waals surface area contributed by atoms with E-state index in [1.807, 2.05) is 11.3 Å². The van der Waals surface area contributed by atoms with Crippen molar-refractivity contribution in [3.63, 3.8) is 0 Å². The van der Waals surface area contributed by atoms with Crippen LogP contribution in [0.25, 0.3) is 0 Å². The zero-order chi connectivity index (χ0) is 16.1. The van der Waals surface area contributed by atoms with Crippen LogP contribution in [0.1, 0.15) is 28.7 Å². The van der Waals surface area contributed by atoms with Gasteiger partial charge in [0.15, 0.2) is 0 Å². The van der Waals surface area contributed by atoms with E-state index in [2.05, 4.69) is 35.4 Å². The van der Waals surface area contributed by atoms with E-state index in [1.165, 1.54) is 22.2 Å². The molecule has 0 aromatic carbocycles. The maximum absolute atomic E-state index is 11.6. The SMILES string of the molecule is CC(=O)NCC(=O)NC[C@H]1CCN(Cc2cc(C)c(C)s2)C1. The first-order valence-electron chi connectivity index (χ1n) is 7.73. The van der Waals surface area contributed by atoms with Crippen molar-refractivity contribution in [1.82, 2.24) is 15.5 Å². The summed E-state index contributed by atoms with van der Waals surface area (Å²) < 4.78 is 0. The van der Waals surface area contributed by atoms with E-state index in [1.54, 1.807) is 0 Å². The molecule has 2 amide bonds. The second kappa shape index (κ2) is 7.74. The number of carbonyl (C=O) groups is 2. The minimum absolute atomic E-state index is 0.0690. The summed E-state index contributed by atoms with van der Waals surface area (Å²) in [7, 11) is 0. The Morgan fingerprint density at radius 1 is 1.36 bits per heavy atom. The summed E-state index contributed by atoms with van der Waals surface area (Å²) in [6, 6.07) is 2.28. The molecular weight excluding hydrogens is 298 g/mol. The maximum atomic E-state index is 11.6. The molecular formula is C16H25N3O2S. The highest BCUT2D eigenvalue weighted by Crippen LogP contribution is 2.24. The van der Waals surface area contributed by atoms with E-state index < -0.39 is 0 Å². The van der Waals surface area contributed by atoms with E-state index in [0.717, 1.165) is 26.1 Å². The zero-order valence-corrected chi connectivity index (χ0v) is 14.4. The van der Waals surface area contributed by atoms with Crippen LogP contribution >= 0.6 is 11.3 Å². The van der Waals surface area contributed by atoms with Crippen molar-refractivity contribution in [3.05, 3.63) is 21.4 Å². The molecule has 0 unspecified atom stereocenters. The predicted molar refractivity (Wildman–Crippen MR) is 88.9 cm³/mol. The third-order valence-corrected chi connectivity index (χ3v) is 5.19. The number of carbonyl (C=O) groups excluding carboxylic acids is 2. The number of aryl methyl sites for hydroxylation is 2. The lowest BCUT2D eigenvalue weighted by molar-refractivity contribution is -0.125. The Kier molecular flexibility index (Phi) is 5.97. The molecule has 0 radical (unpaired) electrons. The molecule has 6 heteroatoms. The molecule has 0 spiro atoms. The number of hydrogen-bond acceptors (Lipinski definition) is 4. The monoisotopic (exact) mass is 323 g/mol. The van der Waals surface area contributed by atoms with Gasteiger partial charge in [-0.25, -0.2) is 0 Å². The lowest BCUT2D eigenvalue weighted by Gasteiger charge is -2.15. The van der Waals surface area contributed by atoms with Gasteiger partial charge < -0.3 is 10.6 Å². The van der Waals surface area contributed by atoms with Gasteiger partial charge in [-0.05, 0) is 44.4 Å². The molecule has 2 heterocycles. The molecule has 0 saturated carbocycles. The van der Waals surface area contributed by atoms with Crippen molar-refractivity contribution in [2.24, 2.45) is 5.92 Å². The summed E-state index contributed by atoms with van der Waals surface area (Å²) in [5.41, 5.74) is 1.38. The molecule has 1 aromatic rings. The van der Waals surface area contributed by atoms with Crippen molar-refractivity contribution in [2.75, 3.05) is 26.2 Å². The van der Waals surface area contributed by atoms with Crippen molar-refractivity contribution in [1.29, 1.82) is 0 Å². The van der Waals surface area contributed by atoms with E-state index in [-0.39, 0.29) is 18.4 Å². The third kappa shape index (κ3) is 5.10. The Morgan fingerprint density at radius 2 is 2.14 bits per heavy atom. The van der Waals surface area contributed by atoms with Gasteiger partial charge in [-0.2, -0.15) is 0 Å². The Bertz CT molecular complexity index is 522. The van der Waals surface area contributed by atoms with Crippen LogP contribution in [0.3, 0.4) is 0 Å². The molecule has 1 aliphatic heterocycles. The predicted octanol–water partition coefficient (Wildman–Crippen LogP) is 1.44. The minimum Gasteiger partial charge on any atom is -0.354 e. The van der Waals surface area contributed by atoms with Crippen LogP contribution in [0, 0.1) is 19.8 Å². The van der Waals surface area contributed by atoms with Gasteiger partial charge in [0, 0.05) is 36.3 Å². The summed E-state index contributed by atoms with van der Waals surface area (Å²) in [6.45, 7) is 9.62. The molecule has 5 nitrogen and oxygen atoms in total. The third-order valence-electron chi connectivity index (χ3n) is 4.05. The molecule has 0 aliphatic carbocycles. The Hall–Kier alpha value is -1.40. The van der Waals surface area contributed by atoms with Crippen LogP contribution in [0.4, 0.5) is 0 Å². The molecule has 122 valence electrons. The molecule has 1 atom stereocenters. The number of amides is 2. The highest BCUT2D eigenvalue weighted by Gasteiger charge is 2.23. The Labute approximate surface area is 136 Å². The van der Waals surface area contributed by atoms with Crippen LogP contribution in [0.2, 0.25) is 0 Å². The van der Waals surface area contributed by atoms with Crippen LogP contribution in [-0.4, -0.2) is 42.9 Å². The summed E-state index contributed by atoms with van der Waals surface area (Å²) in [5, 5.41) is 5.41.